The number of ether oxygens (including phenoxy) is 2. The van der Waals surface area contributed by atoms with E-state index in [1.165, 1.54) is 6.07 Å². The van der Waals surface area contributed by atoms with Gasteiger partial charge >= 0.3 is 0 Å². The Hall–Kier alpha value is -1.04. The van der Waals surface area contributed by atoms with Gasteiger partial charge in [0.2, 0.25) is 0 Å². The van der Waals surface area contributed by atoms with Crippen molar-refractivity contribution in [2.24, 2.45) is 0 Å². The van der Waals surface area contributed by atoms with Gasteiger partial charge < -0.3 is 14.6 Å². The monoisotopic (exact) mass is 272 g/mol. The van der Waals surface area contributed by atoms with E-state index in [-0.39, 0.29) is 5.56 Å². The summed E-state index contributed by atoms with van der Waals surface area (Å²) in [4.78, 5) is 0. The molecule has 1 aliphatic rings. The SMILES string of the molecule is CCOC1(C(O)c2c(F)cccc2F)CCOCC1. The van der Waals surface area contributed by atoms with Gasteiger partial charge in [0.1, 0.15) is 23.3 Å². The summed E-state index contributed by atoms with van der Waals surface area (Å²) in [6.07, 6.45) is -0.511. The Morgan fingerprint density at radius 2 is 1.89 bits per heavy atom. The molecule has 1 aromatic rings. The second-order valence-electron chi connectivity index (χ2n) is 4.65. The van der Waals surface area contributed by atoms with Crippen molar-refractivity contribution < 1.29 is 23.4 Å². The highest BCUT2D eigenvalue weighted by Gasteiger charge is 2.43. The van der Waals surface area contributed by atoms with Crippen LogP contribution in [0.25, 0.3) is 0 Å². The van der Waals surface area contributed by atoms with Gasteiger partial charge in [0, 0.05) is 32.7 Å². The van der Waals surface area contributed by atoms with Crippen LogP contribution in [0.5, 0.6) is 0 Å². The van der Waals surface area contributed by atoms with Gasteiger partial charge in [0.25, 0.3) is 0 Å². The molecule has 1 aliphatic heterocycles. The zero-order valence-corrected chi connectivity index (χ0v) is 10.9. The largest absolute Gasteiger partial charge is 0.385 e. The number of aliphatic hydroxyl groups excluding tert-OH is 1. The van der Waals surface area contributed by atoms with Crippen LogP contribution < -0.4 is 0 Å². The van der Waals surface area contributed by atoms with Gasteiger partial charge in [0.05, 0.1) is 5.56 Å². The van der Waals surface area contributed by atoms with Crippen molar-refractivity contribution >= 4 is 0 Å². The zero-order chi connectivity index (χ0) is 13.9. The number of benzene rings is 1. The molecule has 0 radical (unpaired) electrons. The summed E-state index contributed by atoms with van der Waals surface area (Å²) in [6.45, 7) is 2.98. The Bertz CT molecular complexity index is 405. The van der Waals surface area contributed by atoms with Crippen LogP contribution in [0.3, 0.4) is 0 Å². The highest BCUT2D eigenvalue weighted by atomic mass is 19.1. The smallest absolute Gasteiger partial charge is 0.132 e. The molecule has 0 bridgehead atoms. The van der Waals surface area contributed by atoms with Crippen molar-refractivity contribution in [1.29, 1.82) is 0 Å². The lowest BCUT2D eigenvalue weighted by Crippen LogP contribution is -2.45. The van der Waals surface area contributed by atoms with Crippen LogP contribution in [0.4, 0.5) is 8.78 Å². The van der Waals surface area contributed by atoms with E-state index in [0.717, 1.165) is 12.1 Å². The van der Waals surface area contributed by atoms with Gasteiger partial charge in [-0.1, -0.05) is 6.07 Å². The summed E-state index contributed by atoms with van der Waals surface area (Å²) in [6, 6.07) is 3.55. The van der Waals surface area contributed by atoms with Gasteiger partial charge in [0.15, 0.2) is 0 Å². The number of halogens is 2. The van der Waals surface area contributed by atoms with Gasteiger partial charge in [-0.15, -0.1) is 0 Å². The Kier molecular flexibility index (Phi) is 4.50. The normalized spacial score (nSPS) is 20.2. The number of aliphatic hydroxyl groups is 1. The van der Waals surface area contributed by atoms with Crippen molar-refractivity contribution in [2.75, 3.05) is 19.8 Å². The maximum absolute atomic E-state index is 13.8. The molecule has 0 aromatic heterocycles. The average Bonchev–Trinajstić information content (AvgIpc) is 2.40. The minimum atomic E-state index is -1.34. The fourth-order valence-electron chi connectivity index (χ4n) is 2.54. The molecular formula is C14H18F2O3. The third-order valence-corrected chi connectivity index (χ3v) is 3.54. The minimum Gasteiger partial charge on any atom is -0.385 e. The molecule has 5 heteroatoms. The molecule has 1 N–H and O–H groups in total. The zero-order valence-electron chi connectivity index (χ0n) is 10.9. The van der Waals surface area contributed by atoms with E-state index in [0.29, 0.717) is 32.7 Å². The molecule has 1 aromatic carbocycles. The highest BCUT2D eigenvalue weighted by Crippen LogP contribution is 2.39. The van der Waals surface area contributed by atoms with Gasteiger partial charge in [-0.25, -0.2) is 8.78 Å². The van der Waals surface area contributed by atoms with E-state index in [1.807, 2.05) is 0 Å². The van der Waals surface area contributed by atoms with Crippen LogP contribution in [0.1, 0.15) is 31.4 Å². The molecule has 0 saturated carbocycles. The molecule has 0 amide bonds. The molecule has 1 fully saturated rings. The van der Waals surface area contributed by atoms with Crippen LogP contribution >= 0.6 is 0 Å². The van der Waals surface area contributed by atoms with Crippen LogP contribution in [-0.2, 0) is 9.47 Å². The molecule has 0 aliphatic carbocycles. The molecule has 1 unspecified atom stereocenters. The predicted octanol–water partition coefficient (Wildman–Crippen LogP) is 2.58. The van der Waals surface area contributed by atoms with E-state index >= 15 is 0 Å². The summed E-state index contributed by atoms with van der Waals surface area (Å²) in [5.41, 5.74) is -1.30. The Morgan fingerprint density at radius 1 is 1.32 bits per heavy atom. The predicted molar refractivity (Wildman–Crippen MR) is 65.7 cm³/mol. The van der Waals surface area contributed by atoms with Crippen LogP contribution in [0.2, 0.25) is 0 Å². The standard InChI is InChI=1S/C14H18F2O3/c1-2-19-14(6-8-18-9-7-14)13(17)12-10(15)4-3-5-11(12)16/h3-5,13,17H,2,6-9H2,1H3. The van der Waals surface area contributed by atoms with Crippen molar-refractivity contribution in [3.05, 3.63) is 35.4 Å². The fourth-order valence-corrected chi connectivity index (χ4v) is 2.54. The van der Waals surface area contributed by atoms with Crippen molar-refractivity contribution in [2.45, 2.75) is 31.5 Å². The third kappa shape index (κ3) is 2.78. The minimum absolute atomic E-state index is 0.321. The molecule has 1 atom stereocenters. The summed E-state index contributed by atoms with van der Waals surface area (Å²) in [7, 11) is 0. The first kappa shape index (κ1) is 14.4. The highest BCUT2D eigenvalue weighted by molar-refractivity contribution is 5.25. The fraction of sp³-hybridized carbons (Fsp3) is 0.571. The number of hydrogen-bond donors (Lipinski definition) is 1. The Labute approximate surface area is 111 Å². The second-order valence-corrected chi connectivity index (χ2v) is 4.65. The maximum atomic E-state index is 13.8. The van der Waals surface area contributed by atoms with E-state index < -0.39 is 23.3 Å². The summed E-state index contributed by atoms with van der Waals surface area (Å²) < 4.78 is 38.4. The Morgan fingerprint density at radius 3 is 2.42 bits per heavy atom. The number of rotatable bonds is 4. The van der Waals surface area contributed by atoms with Crippen molar-refractivity contribution in [1.82, 2.24) is 0 Å². The number of hydrogen-bond acceptors (Lipinski definition) is 3. The molecular weight excluding hydrogens is 254 g/mol. The molecule has 3 nitrogen and oxygen atoms in total. The van der Waals surface area contributed by atoms with Gasteiger partial charge in [-0.3, -0.25) is 0 Å². The van der Waals surface area contributed by atoms with Crippen LogP contribution in [0.15, 0.2) is 18.2 Å². The lowest BCUT2D eigenvalue weighted by molar-refractivity contribution is -0.169. The third-order valence-electron chi connectivity index (χ3n) is 3.54. The van der Waals surface area contributed by atoms with Crippen molar-refractivity contribution in [3.63, 3.8) is 0 Å². The first-order valence-corrected chi connectivity index (χ1v) is 6.44. The first-order chi connectivity index (χ1) is 9.10. The summed E-state index contributed by atoms with van der Waals surface area (Å²) in [5, 5.41) is 10.4. The lowest BCUT2D eigenvalue weighted by atomic mass is 9.83. The van der Waals surface area contributed by atoms with Crippen molar-refractivity contribution in [3.8, 4) is 0 Å². The maximum Gasteiger partial charge on any atom is 0.132 e. The summed E-state index contributed by atoms with van der Waals surface area (Å²) >= 11 is 0. The van der Waals surface area contributed by atoms with Crippen LogP contribution in [-0.4, -0.2) is 30.5 Å². The van der Waals surface area contributed by atoms with E-state index in [1.54, 1.807) is 6.92 Å². The molecule has 1 heterocycles. The molecule has 1 saturated heterocycles. The van der Waals surface area contributed by atoms with E-state index in [4.69, 9.17) is 9.47 Å². The van der Waals surface area contributed by atoms with E-state index in [2.05, 4.69) is 0 Å². The topological polar surface area (TPSA) is 38.7 Å². The quantitative estimate of drug-likeness (QED) is 0.915. The Balaban J connectivity index is 2.36. The average molecular weight is 272 g/mol. The molecule has 0 spiro atoms. The van der Waals surface area contributed by atoms with Gasteiger partial charge in [-0.05, 0) is 19.1 Å². The first-order valence-electron chi connectivity index (χ1n) is 6.44. The van der Waals surface area contributed by atoms with E-state index in [9.17, 15) is 13.9 Å². The molecule has 106 valence electrons. The molecule has 2 rings (SSSR count). The second kappa shape index (κ2) is 5.94. The van der Waals surface area contributed by atoms with Crippen LogP contribution in [0, 0.1) is 11.6 Å². The lowest BCUT2D eigenvalue weighted by Gasteiger charge is -2.40. The summed E-state index contributed by atoms with van der Waals surface area (Å²) in [5.74, 6) is -1.50. The molecule has 19 heavy (non-hydrogen) atoms. The van der Waals surface area contributed by atoms with Gasteiger partial charge in [-0.2, -0.15) is 0 Å².